The fourth-order valence-corrected chi connectivity index (χ4v) is 2.15. The van der Waals surface area contributed by atoms with E-state index in [0.29, 0.717) is 30.6 Å². The maximum atomic E-state index is 12.2. The van der Waals surface area contributed by atoms with Crippen LogP contribution in [0.4, 0.5) is 16.3 Å². The molecular weight excluding hydrogens is 274 g/mol. The third kappa shape index (κ3) is 3.52. The van der Waals surface area contributed by atoms with Gasteiger partial charge in [0.05, 0.1) is 19.3 Å². The number of rotatable bonds is 4. The monoisotopic (exact) mass is 295 g/mol. The third-order valence-electron chi connectivity index (χ3n) is 3.28. The van der Waals surface area contributed by atoms with Crippen molar-refractivity contribution in [2.24, 2.45) is 0 Å². The zero-order chi connectivity index (χ0) is 15.5. The van der Waals surface area contributed by atoms with Crippen molar-refractivity contribution in [3.8, 4) is 5.88 Å². The normalized spacial score (nSPS) is 21.0. The van der Waals surface area contributed by atoms with E-state index in [4.69, 9.17) is 9.47 Å². The van der Waals surface area contributed by atoms with Crippen LogP contribution in [0.15, 0.2) is 6.33 Å². The van der Waals surface area contributed by atoms with Crippen LogP contribution in [0.3, 0.4) is 0 Å². The zero-order valence-electron chi connectivity index (χ0n) is 12.8. The first kappa shape index (κ1) is 15.3. The number of ether oxygens (including phenoxy) is 2. The summed E-state index contributed by atoms with van der Waals surface area (Å²) in [6.45, 7) is 3.10. The third-order valence-corrected chi connectivity index (χ3v) is 3.28. The van der Waals surface area contributed by atoms with Gasteiger partial charge in [0.25, 0.3) is 0 Å². The molecule has 21 heavy (non-hydrogen) atoms. The molecule has 0 bridgehead atoms. The van der Waals surface area contributed by atoms with E-state index in [1.807, 2.05) is 21.0 Å². The lowest BCUT2D eigenvalue weighted by atomic mass is 10.0. The van der Waals surface area contributed by atoms with Crippen LogP contribution in [0.2, 0.25) is 0 Å². The molecule has 0 spiro atoms. The molecule has 8 nitrogen and oxygen atoms in total. The van der Waals surface area contributed by atoms with E-state index in [0.717, 1.165) is 6.42 Å². The number of carbonyl (C=O) groups excluding carboxylic acids is 1. The van der Waals surface area contributed by atoms with Gasteiger partial charge in [0.1, 0.15) is 12.0 Å². The second-order valence-corrected chi connectivity index (χ2v) is 5.42. The molecule has 1 aliphatic heterocycles. The van der Waals surface area contributed by atoms with Crippen LogP contribution in [-0.2, 0) is 4.74 Å². The predicted octanol–water partition coefficient (Wildman–Crippen LogP) is 0.852. The lowest BCUT2D eigenvalue weighted by Gasteiger charge is -2.24. The average Bonchev–Trinajstić information content (AvgIpc) is 2.84. The summed E-state index contributed by atoms with van der Waals surface area (Å²) in [5.74, 6) is 0.890. The number of nitrogens with zero attached hydrogens (tertiary/aromatic N) is 3. The van der Waals surface area contributed by atoms with E-state index in [9.17, 15) is 4.79 Å². The van der Waals surface area contributed by atoms with Crippen LogP contribution >= 0.6 is 0 Å². The van der Waals surface area contributed by atoms with E-state index in [2.05, 4.69) is 20.6 Å². The average molecular weight is 295 g/mol. The van der Waals surface area contributed by atoms with Crippen molar-refractivity contribution >= 4 is 17.5 Å². The molecule has 116 valence electrons. The molecule has 1 saturated heterocycles. The molecule has 1 fully saturated rings. The van der Waals surface area contributed by atoms with Gasteiger partial charge in [-0.3, -0.25) is 0 Å². The Labute approximate surface area is 123 Å². The number of carbonyl (C=O) groups is 1. The summed E-state index contributed by atoms with van der Waals surface area (Å²) >= 11 is 0. The van der Waals surface area contributed by atoms with Gasteiger partial charge in [-0.1, -0.05) is 0 Å². The van der Waals surface area contributed by atoms with Crippen molar-refractivity contribution in [3.05, 3.63) is 6.33 Å². The van der Waals surface area contributed by atoms with Crippen LogP contribution in [0.25, 0.3) is 0 Å². The topological polar surface area (TPSA) is 88.6 Å². The summed E-state index contributed by atoms with van der Waals surface area (Å²) in [5, 5.41) is 5.68. The number of hydrogen-bond acceptors (Lipinski definition) is 6. The van der Waals surface area contributed by atoms with Crippen LogP contribution in [0.1, 0.15) is 13.3 Å². The molecule has 1 aromatic rings. The molecule has 2 amide bonds. The summed E-state index contributed by atoms with van der Waals surface area (Å²) in [7, 11) is 5.16. The molecule has 0 aliphatic carbocycles. The number of urea groups is 1. The first-order chi connectivity index (χ1) is 9.95. The minimum Gasteiger partial charge on any atom is -0.479 e. The van der Waals surface area contributed by atoms with Gasteiger partial charge in [-0.2, -0.15) is 4.98 Å². The van der Waals surface area contributed by atoms with Gasteiger partial charge in [-0.15, -0.1) is 0 Å². The van der Waals surface area contributed by atoms with Crippen molar-refractivity contribution in [3.63, 3.8) is 0 Å². The molecule has 0 radical (unpaired) electrons. The van der Waals surface area contributed by atoms with E-state index in [-0.39, 0.29) is 11.6 Å². The Morgan fingerprint density at radius 1 is 1.48 bits per heavy atom. The maximum Gasteiger partial charge on any atom is 0.319 e. The summed E-state index contributed by atoms with van der Waals surface area (Å²) in [6, 6.07) is -0.334. The van der Waals surface area contributed by atoms with Crippen molar-refractivity contribution in [2.45, 2.75) is 18.9 Å². The molecule has 1 atom stereocenters. The Morgan fingerprint density at radius 2 is 2.24 bits per heavy atom. The maximum absolute atomic E-state index is 12.2. The fourth-order valence-electron chi connectivity index (χ4n) is 2.15. The van der Waals surface area contributed by atoms with E-state index < -0.39 is 0 Å². The quantitative estimate of drug-likeness (QED) is 0.856. The summed E-state index contributed by atoms with van der Waals surface area (Å²) in [5.41, 5.74) is 0.0793. The second-order valence-electron chi connectivity index (χ2n) is 5.42. The van der Waals surface area contributed by atoms with Crippen molar-refractivity contribution in [1.82, 2.24) is 15.3 Å². The molecule has 0 saturated carbocycles. The van der Waals surface area contributed by atoms with Crippen molar-refractivity contribution in [1.29, 1.82) is 0 Å². The van der Waals surface area contributed by atoms with Crippen LogP contribution in [0, 0.1) is 0 Å². The zero-order valence-corrected chi connectivity index (χ0v) is 12.8. The number of hydrogen-bond donors (Lipinski definition) is 2. The highest BCUT2D eigenvalue weighted by Gasteiger charge is 2.31. The Bertz CT molecular complexity index is 515. The number of anilines is 2. The lowest BCUT2D eigenvalue weighted by Crippen LogP contribution is -2.48. The summed E-state index contributed by atoms with van der Waals surface area (Å²) in [4.78, 5) is 22.2. The van der Waals surface area contributed by atoms with Gasteiger partial charge in [0.15, 0.2) is 5.82 Å². The molecule has 1 aliphatic rings. The number of aromatic nitrogens is 2. The van der Waals surface area contributed by atoms with Gasteiger partial charge < -0.3 is 25.0 Å². The first-order valence-electron chi connectivity index (χ1n) is 6.68. The fraction of sp³-hybridized carbons (Fsp3) is 0.615. The molecule has 1 unspecified atom stereocenters. The molecule has 8 heteroatoms. The van der Waals surface area contributed by atoms with Crippen molar-refractivity contribution < 1.29 is 14.3 Å². The van der Waals surface area contributed by atoms with Gasteiger partial charge in [0, 0.05) is 20.7 Å². The summed E-state index contributed by atoms with van der Waals surface area (Å²) < 4.78 is 10.5. The molecule has 0 aromatic carbocycles. The number of nitrogens with one attached hydrogen (secondary N) is 2. The SMILES string of the molecule is COc1ncnc(N(C)C)c1NC(=O)NC1(C)CCOC1. The van der Waals surface area contributed by atoms with Crippen LogP contribution in [-0.4, -0.2) is 56.0 Å². The van der Waals surface area contributed by atoms with E-state index in [1.54, 1.807) is 4.90 Å². The molecule has 2 heterocycles. The Balaban J connectivity index is 2.16. The molecule has 1 aromatic heterocycles. The highest BCUT2D eigenvalue weighted by molar-refractivity contribution is 5.94. The van der Waals surface area contributed by atoms with Crippen LogP contribution < -0.4 is 20.3 Å². The van der Waals surface area contributed by atoms with Gasteiger partial charge >= 0.3 is 6.03 Å². The molecular formula is C13H21N5O3. The number of amides is 2. The Hall–Kier alpha value is -2.09. The van der Waals surface area contributed by atoms with Gasteiger partial charge in [-0.05, 0) is 13.3 Å². The predicted molar refractivity (Wildman–Crippen MR) is 78.9 cm³/mol. The van der Waals surface area contributed by atoms with E-state index >= 15 is 0 Å². The lowest BCUT2D eigenvalue weighted by molar-refractivity contribution is 0.172. The second kappa shape index (κ2) is 6.13. The number of methoxy groups -OCH3 is 1. The highest BCUT2D eigenvalue weighted by atomic mass is 16.5. The highest BCUT2D eigenvalue weighted by Crippen LogP contribution is 2.30. The summed E-state index contributed by atoms with van der Waals surface area (Å²) in [6.07, 6.45) is 2.17. The minimum absolute atomic E-state index is 0.316. The largest absolute Gasteiger partial charge is 0.479 e. The Morgan fingerprint density at radius 3 is 2.81 bits per heavy atom. The standard InChI is InChI=1S/C13H21N5O3/c1-13(5-6-21-7-13)17-12(19)16-9-10(18(2)3)14-8-15-11(9)20-4/h8H,5-7H2,1-4H3,(H2,16,17,19). The van der Waals surface area contributed by atoms with Crippen molar-refractivity contribution in [2.75, 3.05) is 44.6 Å². The molecule has 2 rings (SSSR count). The van der Waals surface area contributed by atoms with Gasteiger partial charge in [0.2, 0.25) is 5.88 Å². The Kier molecular flexibility index (Phi) is 4.46. The van der Waals surface area contributed by atoms with Crippen LogP contribution in [0.5, 0.6) is 5.88 Å². The first-order valence-corrected chi connectivity index (χ1v) is 6.68. The minimum atomic E-state index is -0.356. The molecule has 2 N–H and O–H groups in total. The smallest absolute Gasteiger partial charge is 0.319 e. The van der Waals surface area contributed by atoms with Gasteiger partial charge in [-0.25, -0.2) is 9.78 Å². The van der Waals surface area contributed by atoms with E-state index in [1.165, 1.54) is 13.4 Å².